The largest absolute Gasteiger partial charge is 0.494 e. The Bertz CT molecular complexity index is 1020. The Morgan fingerprint density at radius 1 is 0.694 bits per heavy atom. The maximum Gasteiger partial charge on any atom is 0.363 e. The van der Waals surface area contributed by atoms with Crippen molar-refractivity contribution < 1.29 is 14.3 Å². The van der Waals surface area contributed by atoms with E-state index < -0.39 is 5.97 Å². The van der Waals surface area contributed by atoms with Gasteiger partial charge >= 0.3 is 5.97 Å². The Kier molecular flexibility index (Phi) is 12.0. The van der Waals surface area contributed by atoms with Gasteiger partial charge in [-0.05, 0) is 61.2 Å². The summed E-state index contributed by atoms with van der Waals surface area (Å²) in [5, 5.41) is 0. The van der Waals surface area contributed by atoms with Crippen molar-refractivity contribution in [3.63, 3.8) is 0 Å². The monoisotopic (exact) mass is 488 g/mol. The van der Waals surface area contributed by atoms with Crippen LogP contribution in [-0.2, 0) is 6.42 Å². The Hall–Kier alpha value is -3.21. The number of rotatable bonds is 16. The maximum absolute atomic E-state index is 12.5. The Morgan fingerprint density at radius 3 is 2.00 bits per heavy atom. The molecule has 1 aromatic heterocycles. The highest BCUT2D eigenvalue weighted by molar-refractivity contribution is 5.88. The summed E-state index contributed by atoms with van der Waals surface area (Å²) < 4.78 is 11.3. The summed E-state index contributed by atoms with van der Waals surface area (Å²) in [5.41, 5.74) is 3.06. The normalized spacial score (nSPS) is 10.8. The van der Waals surface area contributed by atoms with Gasteiger partial charge in [0.25, 0.3) is 0 Å². The van der Waals surface area contributed by atoms with E-state index in [9.17, 15) is 4.79 Å². The molecule has 0 unspecified atom stereocenters. The standard InChI is InChI=1S/C31H40N2O3/c1-3-5-7-9-10-12-22-35-27-20-16-26(17-21-27)29-23-33-30(24-32-29)31(34)36-28-18-14-25(15-19-28)13-11-8-6-4-2/h14-21,23-24H,3-13,22H2,1-2H3. The van der Waals surface area contributed by atoms with Crippen LogP contribution in [0.25, 0.3) is 11.3 Å². The number of hydrogen-bond donors (Lipinski definition) is 0. The van der Waals surface area contributed by atoms with Crippen LogP contribution < -0.4 is 9.47 Å². The van der Waals surface area contributed by atoms with Crippen LogP contribution in [-0.4, -0.2) is 22.5 Å². The quantitative estimate of drug-likeness (QED) is 0.115. The third-order valence-electron chi connectivity index (χ3n) is 6.23. The highest BCUT2D eigenvalue weighted by atomic mass is 16.5. The van der Waals surface area contributed by atoms with E-state index in [0.29, 0.717) is 11.4 Å². The minimum absolute atomic E-state index is 0.182. The van der Waals surface area contributed by atoms with E-state index >= 15 is 0 Å². The van der Waals surface area contributed by atoms with E-state index in [1.807, 2.05) is 48.5 Å². The van der Waals surface area contributed by atoms with Crippen molar-refractivity contribution in [1.82, 2.24) is 9.97 Å². The number of unbranched alkanes of at least 4 members (excludes halogenated alkanes) is 8. The zero-order valence-corrected chi connectivity index (χ0v) is 21.9. The molecule has 3 rings (SSSR count). The molecular weight excluding hydrogens is 448 g/mol. The second-order valence-corrected chi connectivity index (χ2v) is 9.27. The van der Waals surface area contributed by atoms with Crippen LogP contribution >= 0.6 is 0 Å². The lowest BCUT2D eigenvalue weighted by Gasteiger charge is -2.08. The molecule has 0 aliphatic heterocycles. The number of carbonyl (C=O) groups is 1. The first-order chi connectivity index (χ1) is 17.7. The molecule has 0 radical (unpaired) electrons. The van der Waals surface area contributed by atoms with Gasteiger partial charge in [0.05, 0.1) is 24.7 Å². The average molecular weight is 489 g/mol. The smallest absolute Gasteiger partial charge is 0.363 e. The second kappa shape index (κ2) is 15.7. The number of aryl methyl sites for hydroxylation is 1. The molecule has 0 saturated heterocycles. The average Bonchev–Trinajstić information content (AvgIpc) is 2.92. The van der Waals surface area contributed by atoms with Crippen LogP contribution in [0.2, 0.25) is 0 Å². The zero-order chi connectivity index (χ0) is 25.4. The summed E-state index contributed by atoms with van der Waals surface area (Å²) in [5.74, 6) is 0.857. The SMILES string of the molecule is CCCCCCCCOc1ccc(-c2cnc(C(=O)Oc3ccc(CCCCCC)cc3)cn2)cc1. The predicted molar refractivity (Wildman–Crippen MR) is 146 cm³/mol. The lowest BCUT2D eigenvalue weighted by molar-refractivity contribution is 0.0728. The first kappa shape index (κ1) is 27.4. The molecule has 3 aromatic rings. The lowest BCUT2D eigenvalue weighted by atomic mass is 10.1. The van der Waals surface area contributed by atoms with Crippen LogP contribution in [0.1, 0.15) is 94.1 Å². The molecule has 1 heterocycles. The van der Waals surface area contributed by atoms with Crippen LogP contribution in [0.4, 0.5) is 0 Å². The highest BCUT2D eigenvalue weighted by Crippen LogP contribution is 2.21. The first-order valence-corrected chi connectivity index (χ1v) is 13.6. The van der Waals surface area contributed by atoms with E-state index in [1.165, 1.54) is 69.5 Å². The molecule has 5 heteroatoms. The van der Waals surface area contributed by atoms with Crippen molar-refractivity contribution in [2.45, 2.75) is 84.5 Å². The molecule has 0 spiro atoms. The van der Waals surface area contributed by atoms with Gasteiger partial charge in [-0.2, -0.15) is 0 Å². The van der Waals surface area contributed by atoms with Crippen molar-refractivity contribution in [2.24, 2.45) is 0 Å². The summed E-state index contributed by atoms with van der Waals surface area (Å²) >= 11 is 0. The molecule has 0 fully saturated rings. The molecule has 0 amide bonds. The lowest BCUT2D eigenvalue weighted by Crippen LogP contribution is -2.11. The summed E-state index contributed by atoms with van der Waals surface area (Å²) in [6.45, 7) is 5.19. The van der Waals surface area contributed by atoms with Crippen LogP contribution in [0, 0.1) is 0 Å². The summed E-state index contributed by atoms with van der Waals surface area (Å²) in [6.07, 6.45) is 16.5. The topological polar surface area (TPSA) is 61.3 Å². The molecule has 0 aliphatic rings. The predicted octanol–water partition coefficient (Wildman–Crippen LogP) is 8.22. The van der Waals surface area contributed by atoms with Gasteiger partial charge in [0.15, 0.2) is 5.69 Å². The summed E-state index contributed by atoms with van der Waals surface area (Å²) in [6, 6.07) is 15.5. The Morgan fingerprint density at radius 2 is 1.33 bits per heavy atom. The summed E-state index contributed by atoms with van der Waals surface area (Å²) in [7, 11) is 0. The fourth-order valence-corrected chi connectivity index (χ4v) is 4.02. The number of esters is 1. The third kappa shape index (κ3) is 9.44. The minimum Gasteiger partial charge on any atom is -0.494 e. The Balaban J connectivity index is 1.44. The fourth-order valence-electron chi connectivity index (χ4n) is 4.02. The van der Waals surface area contributed by atoms with Crippen molar-refractivity contribution >= 4 is 5.97 Å². The molecule has 36 heavy (non-hydrogen) atoms. The first-order valence-electron chi connectivity index (χ1n) is 13.6. The van der Waals surface area contributed by atoms with Gasteiger partial charge in [-0.1, -0.05) is 77.3 Å². The van der Waals surface area contributed by atoms with E-state index in [0.717, 1.165) is 30.8 Å². The molecule has 0 atom stereocenters. The van der Waals surface area contributed by atoms with Crippen LogP contribution in [0.15, 0.2) is 60.9 Å². The van der Waals surface area contributed by atoms with E-state index in [4.69, 9.17) is 9.47 Å². The van der Waals surface area contributed by atoms with Crippen LogP contribution in [0.3, 0.4) is 0 Å². The number of benzene rings is 2. The number of hydrogen-bond acceptors (Lipinski definition) is 5. The zero-order valence-electron chi connectivity index (χ0n) is 21.9. The molecular formula is C31H40N2O3. The van der Waals surface area contributed by atoms with Crippen molar-refractivity contribution in [2.75, 3.05) is 6.61 Å². The molecule has 5 nitrogen and oxygen atoms in total. The number of aromatic nitrogens is 2. The van der Waals surface area contributed by atoms with Gasteiger partial charge < -0.3 is 9.47 Å². The molecule has 0 aliphatic carbocycles. The molecule has 192 valence electrons. The highest BCUT2D eigenvalue weighted by Gasteiger charge is 2.12. The van der Waals surface area contributed by atoms with Gasteiger partial charge in [-0.3, -0.25) is 4.98 Å². The van der Waals surface area contributed by atoms with Gasteiger partial charge in [0.1, 0.15) is 11.5 Å². The van der Waals surface area contributed by atoms with Gasteiger partial charge in [0.2, 0.25) is 0 Å². The number of carbonyl (C=O) groups excluding carboxylic acids is 1. The second-order valence-electron chi connectivity index (χ2n) is 9.27. The minimum atomic E-state index is -0.511. The van der Waals surface area contributed by atoms with E-state index in [2.05, 4.69) is 23.8 Å². The summed E-state index contributed by atoms with van der Waals surface area (Å²) in [4.78, 5) is 21.2. The number of ether oxygens (including phenoxy) is 2. The van der Waals surface area contributed by atoms with Crippen molar-refractivity contribution in [1.29, 1.82) is 0 Å². The molecule has 0 N–H and O–H groups in total. The van der Waals surface area contributed by atoms with Crippen molar-refractivity contribution in [3.05, 3.63) is 72.2 Å². The molecule has 0 saturated carbocycles. The molecule has 0 bridgehead atoms. The van der Waals surface area contributed by atoms with E-state index in [1.54, 1.807) is 6.20 Å². The van der Waals surface area contributed by atoms with Crippen molar-refractivity contribution in [3.8, 4) is 22.8 Å². The fraction of sp³-hybridized carbons (Fsp3) is 0.452. The molecule has 2 aromatic carbocycles. The third-order valence-corrected chi connectivity index (χ3v) is 6.23. The maximum atomic E-state index is 12.5. The van der Waals surface area contributed by atoms with Crippen LogP contribution in [0.5, 0.6) is 11.5 Å². The Labute approximate surface area is 216 Å². The van der Waals surface area contributed by atoms with E-state index in [-0.39, 0.29) is 5.69 Å². The van der Waals surface area contributed by atoms with Gasteiger partial charge in [-0.25, -0.2) is 9.78 Å². The van der Waals surface area contributed by atoms with Gasteiger partial charge in [-0.15, -0.1) is 0 Å². The number of nitrogens with zero attached hydrogens (tertiary/aromatic N) is 2. The van der Waals surface area contributed by atoms with Gasteiger partial charge in [0, 0.05) is 5.56 Å².